The van der Waals surface area contributed by atoms with Gasteiger partial charge in [0, 0.05) is 19.3 Å². The maximum atomic E-state index is 12.0. The summed E-state index contributed by atoms with van der Waals surface area (Å²) in [6, 6.07) is 7.49. The Morgan fingerprint density at radius 1 is 1.36 bits per heavy atom. The van der Waals surface area contributed by atoms with E-state index in [1.54, 1.807) is 17.1 Å². The number of thiazole rings is 1. The van der Waals surface area contributed by atoms with Crippen LogP contribution < -0.4 is 10.3 Å². The van der Waals surface area contributed by atoms with Crippen molar-refractivity contribution in [1.29, 1.82) is 0 Å². The predicted molar refractivity (Wildman–Crippen MR) is 98.9 cm³/mol. The van der Waals surface area contributed by atoms with E-state index in [2.05, 4.69) is 44.6 Å². The van der Waals surface area contributed by atoms with Crippen molar-refractivity contribution in [3.8, 4) is 0 Å². The minimum atomic E-state index is -0.264. The molecule has 1 aromatic carbocycles. The van der Waals surface area contributed by atoms with Crippen LogP contribution in [0.1, 0.15) is 18.7 Å². The van der Waals surface area contributed by atoms with Crippen LogP contribution in [0.2, 0.25) is 0 Å². The molecule has 2 aromatic heterocycles. The van der Waals surface area contributed by atoms with Crippen LogP contribution in [0.25, 0.3) is 11.0 Å². The van der Waals surface area contributed by atoms with Gasteiger partial charge >= 0.3 is 0 Å². The van der Waals surface area contributed by atoms with Crippen LogP contribution in [0.15, 0.2) is 35.6 Å². The smallest absolute Gasteiger partial charge is 0.261 e. The molecule has 0 saturated carbocycles. The molecule has 3 rings (SSSR count). The number of carbonyl (C=O) groups excluding carboxylic acids is 1. The molecule has 9 heteroatoms. The molecule has 2 heterocycles. The van der Waals surface area contributed by atoms with Crippen molar-refractivity contribution in [2.75, 3.05) is 18.0 Å². The molecule has 0 atom stereocenters. The first-order valence-electron chi connectivity index (χ1n) is 8.02. The molecule has 0 radical (unpaired) electrons. The van der Waals surface area contributed by atoms with Crippen LogP contribution in [0, 0.1) is 0 Å². The molecule has 0 spiro atoms. The van der Waals surface area contributed by atoms with Gasteiger partial charge in [-0.15, -0.1) is 5.10 Å². The van der Waals surface area contributed by atoms with E-state index in [-0.39, 0.29) is 12.5 Å². The monoisotopic (exact) mass is 357 g/mol. The quantitative estimate of drug-likeness (QED) is 0.515. The molecule has 25 heavy (non-hydrogen) atoms. The second-order valence-corrected chi connectivity index (χ2v) is 6.29. The Hall–Kier alpha value is -2.81. The Balaban J connectivity index is 1.58. The van der Waals surface area contributed by atoms with Gasteiger partial charge in [-0.25, -0.2) is 15.1 Å². The second kappa shape index (κ2) is 7.84. The third-order valence-corrected chi connectivity index (χ3v) is 4.63. The molecule has 0 aliphatic heterocycles. The van der Waals surface area contributed by atoms with Crippen LogP contribution in [0.5, 0.6) is 0 Å². The van der Waals surface area contributed by atoms with Crippen molar-refractivity contribution in [1.82, 2.24) is 25.4 Å². The fraction of sp³-hybridized carbons (Fsp3) is 0.312. The van der Waals surface area contributed by atoms with Gasteiger partial charge in [-0.1, -0.05) is 28.7 Å². The van der Waals surface area contributed by atoms with Crippen molar-refractivity contribution in [3.63, 3.8) is 0 Å². The number of nitrogens with zero attached hydrogens (tertiary/aromatic N) is 6. The summed E-state index contributed by atoms with van der Waals surface area (Å²) in [5.74, 6) is -0.264. The molecule has 0 bridgehead atoms. The summed E-state index contributed by atoms with van der Waals surface area (Å²) >= 11 is 1.54. The Morgan fingerprint density at radius 2 is 2.16 bits per heavy atom. The molecular formula is C16H19N7OS. The molecule has 1 amide bonds. The summed E-state index contributed by atoms with van der Waals surface area (Å²) in [5, 5.41) is 12.9. The third kappa shape index (κ3) is 4.00. The number of carbonyl (C=O) groups is 1. The molecule has 8 nitrogen and oxygen atoms in total. The van der Waals surface area contributed by atoms with Crippen molar-refractivity contribution >= 4 is 39.6 Å². The number of para-hydroxylation sites is 1. The minimum Gasteiger partial charge on any atom is -0.349 e. The van der Waals surface area contributed by atoms with E-state index in [4.69, 9.17) is 0 Å². The predicted octanol–water partition coefficient (Wildman–Crippen LogP) is 1.88. The summed E-state index contributed by atoms with van der Waals surface area (Å²) in [6.45, 7) is 6.05. The van der Waals surface area contributed by atoms with E-state index in [1.165, 1.54) is 11.3 Å². The van der Waals surface area contributed by atoms with Gasteiger partial charge in [0.15, 0.2) is 5.13 Å². The molecular weight excluding hydrogens is 338 g/mol. The zero-order valence-corrected chi connectivity index (χ0v) is 14.9. The maximum absolute atomic E-state index is 12.0. The van der Waals surface area contributed by atoms with Crippen molar-refractivity contribution in [2.45, 2.75) is 20.4 Å². The van der Waals surface area contributed by atoms with Crippen molar-refractivity contribution < 1.29 is 4.79 Å². The Bertz CT molecular complexity index is 881. The number of amides is 1. The standard InChI is InChI=1S/C16H19N7OS/c1-3-22(4-2)16-17-9-12(25-16)10-18-20-15(24)11-23-14-8-6-5-7-13(14)19-21-23/h5-10H,3-4,11H2,1-2H3,(H,20,24)/b18-10-. The maximum Gasteiger partial charge on any atom is 0.261 e. The number of hydrogen-bond acceptors (Lipinski definition) is 7. The van der Waals surface area contributed by atoms with Gasteiger partial charge in [0.1, 0.15) is 12.1 Å². The van der Waals surface area contributed by atoms with Gasteiger partial charge in [-0.2, -0.15) is 5.10 Å². The molecule has 3 aromatic rings. The lowest BCUT2D eigenvalue weighted by atomic mass is 10.3. The highest BCUT2D eigenvalue weighted by Gasteiger charge is 2.08. The third-order valence-electron chi connectivity index (χ3n) is 3.64. The lowest BCUT2D eigenvalue weighted by Crippen LogP contribution is -2.23. The first-order valence-corrected chi connectivity index (χ1v) is 8.83. The van der Waals surface area contributed by atoms with Gasteiger partial charge in [0.05, 0.1) is 16.6 Å². The Labute approximate surface area is 149 Å². The summed E-state index contributed by atoms with van der Waals surface area (Å²) in [5.41, 5.74) is 4.08. The number of anilines is 1. The lowest BCUT2D eigenvalue weighted by Gasteiger charge is -2.16. The number of hydrogen-bond donors (Lipinski definition) is 1. The molecule has 130 valence electrons. The number of fused-ring (bicyclic) bond motifs is 1. The van der Waals surface area contributed by atoms with E-state index in [0.29, 0.717) is 0 Å². The molecule has 0 unspecified atom stereocenters. The van der Waals surface area contributed by atoms with Gasteiger partial charge in [0.2, 0.25) is 0 Å². The summed E-state index contributed by atoms with van der Waals surface area (Å²) < 4.78 is 1.55. The van der Waals surface area contributed by atoms with Crippen LogP contribution >= 0.6 is 11.3 Å². The summed E-state index contributed by atoms with van der Waals surface area (Å²) in [4.78, 5) is 19.4. The number of nitrogens with one attached hydrogen (secondary N) is 1. The average molecular weight is 357 g/mol. The largest absolute Gasteiger partial charge is 0.349 e. The van der Waals surface area contributed by atoms with Gasteiger partial charge in [-0.3, -0.25) is 4.79 Å². The summed E-state index contributed by atoms with van der Waals surface area (Å²) in [7, 11) is 0. The Kier molecular flexibility index (Phi) is 5.34. The van der Waals surface area contributed by atoms with E-state index in [1.807, 2.05) is 24.3 Å². The van der Waals surface area contributed by atoms with E-state index in [9.17, 15) is 4.79 Å². The molecule has 0 fully saturated rings. The molecule has 0 saturated heterocycles. The second-order valence-electron chi connectivity index (χ2n) is 5.25. The van der Waals surface area contributed by atoms with E-state index in [0.717, 1.165) is 34.1 Å². The van der Waals surface area contributed by atoms with Gasteiger partial charge in [0.25, 0.3) is 5.91 Å². The topological polar surface area (TPSA) is 88.3 Å². The van der Waals surface area contributed by atoms with Gasteiger partial charge in [-0.05, 0) is 26.0 Å². The number of benzene rings is 1. The molecule has 0 aliphatic rings. The summed E-state index contributed by atoms with van der Waals surface area (Å²) in [6.07, 6.45) is 3.35. The highest BCUT2D eigenvalue weighted by molar-refractivity contribution is 7.17. The van der Waals surface area contributed by atoms with Crippen molar-refractivity contribution in [2.24, 2.45) is 5.10 Å². The zero-order chi connectivity index (χ0) is 17.6. The van der Waals surface area contributed by atoms with Crippen LogP contribution in [-0.2, 0) is 11.3 Å². The van der Waals surface area contributed by atoms with Gasteiger partial charge < -0.3 is 4.90 Å². The molecule has 1 N–H and O–H groups in total. The normalized spacial score (nSPS) is 11.3. The van der Waals surface area contributed by atoms with Crippen LogP contribution in [0.3, 0.4) is 0 Å². The first kappa shape index (κ1) is 17.0. The highest BCUT2D eigenvalue weighted by Crippen LogP contribution is 2.20. The number of aromatic nitrogens is 4. The van der Waals surface area contributed by atoms with Crippen molar-refractivity contribution in [3.05, 3.63) is 35.3 Å². The number of rotatable bonds is 7. The number of hydrazone groups is 1. The van der Waals surface area contributed by atoms with E-state index < -0.39 is 0 Å². The minimum absolute atomic E-state index is 0.0608. The molecule has 0 aliphatic carbocycles. The SMILES string of the molecule is CCN(CC)c1ncc(/C=N\NC(=O)Cn2nnc3ccccc32)s1. The highest BCUT2D eigenvalue weighted by atomic mass is 32.1. The van der Waals surface area contributed by atoms with Crippen LogP contribution in [-0.4, -0.2) is 45.2 Å². The fourth-order valence-corrected chi connectivity index (χ4v) is 3.26. The zero-order valence-electron chi connectivity index (χ0n) is 14.1. The Morgan fingerprint density at radius 3 is 2.96 bits per heavy atom. The average Bonchev–Trinajstić information content (AvgIpc) is 3.24. The first-order chi connectivity index (χ1) is 12.2. The van der Waals surface area contributed by atoms with Crippen LogP contribution in [0.4, 0.5) is 5.13 Å². The lowest BCUT2D eigenvalue weighted by molar-refractivity contribution is -0.121. The fourth-order valence-electron chi connectivity index (χ4n) is 2.35. The van der Waals surface area contributed by atoms with E-state index >= 15 is 0 Å².